The third-order valence-electron chi connectivity index (χ3n) is 5.25. The predicted octanol–water partition coefficient (Wildman–Crippen LogP) is 1.46. The number of hydrogen-bond acceptors (Lipinski definition) is 7. The van der Waals surface area contributed by atoms with Crippen LogP contribution in [0.15, 0.2) is 36.9 Å². The molecule has 0 radical (unpaired) electrons. The van der Waals surface area contributed by atoms with Crippen molar-refractivity contribution < 1.29 is 4.74 Å². The number of nitrogens with one attached hydrogen (secondary N) is 1. The molecule has 4 aromatic rings. The van der Waals surface area contributed by atoms with E-state index in [0.29, 0.717) is 0 Å². The Morgan fingerprint density at radius 2 is 2.00 bits per heavy atom. The second-order valence-electron chi connectivity index (χ2n) is 6.96. The highest BCUT2D eigenvalue weighted by Gasteiger charge is 2.20. The smallest absolute Gasteiger partial charge is 0.227 e. The van der Waals surface area contributed by atoms with E-state index in [9.17, 15) is 0 Å². The molecule has 1 saturated heterocycles. The van der Waals surface area contributed by atoms with E-state index < -0.39 is 0 Å². The summed E-state index contributed by atoms with van der Waals surface area (Å²) in [7, 11) is 1.74. The minimum absolute atomic E-state index is 0.755. The van der Waals surface area contributed by atoms with Crippen LogP contribution in [0, 0.1) is 0 Å². The number of piperazine rings is 1. The van der Waals surface area contributed by atoms with E-state index >= 15 is 0 Å². The SMILES string of the molecule is COCCN1CCN(c2ncc3ncn(-c4ccc5[nH]ncc5c4)c3n2)CC1. The molecule has 3 aromatic heterocycles. The third kappa shape index (κ3) is 3.08. The molecule has 1 N–H and O–H groups in total. The molecule has 5 rings (SSSR count). The first-order valence-electron chi connectivity index (χ1n) is 9.42. The molecule has 28 heavy (non-hydrogen) atoms. The van der Waals surface area contributed by atoms with Gasteiger partial charge in [-0.15, -0.1) is 0 Å². The Bertz CT molecular complexity index is 1100. The average Bonchev–Trinajstić information content (AvgIpc) is 3.38. The summed E-state index contributed by atoms with van der Waals surface area (Å²) in [6.07, 6.45) is 5.43. The van der Waals surface area contributed by atoms with Crippen LogP contribution in [0.3, 0.4) is 0 Å². The second-order valence-corrected chi connectivity index (χ2v) is 6.96. The number of H-pyrrole nitrogens is 1. The molecule has 144 valence electrons. The zero-order valence-electron chi connectivity index (χ0n) is 15.7. The van der Waals surface area contributed by atoms with Crippen LogP contribution in [0.25, 0.3) is 27.8 Å². The number of imidazole rings is 1. The van der Waals surface area contributed by atoms with Gasteiger partial charge in [0.2, 0.25) is 5.95 Å². The third-order valence-corrected chi connectivity index (χ3v) is 5.25. The Morgan fingerprint density at radius 1 is 1.11 bits per heavy atom. The van der Waals surface area contributed by atoms with Crippen molar-refractivity contribution in [3.8, 4) is 5.69 Å². The van der Waals surface area contributed by atoms with Crippen LogP contribution in [-0.4, -0.2) is 81.1 Å². The van der Waals surface area contributed by atoms with Crippen LogP contribution in [-0.2, 0) is 4.74 Å². The number of fused-ring (bicyclic) bond motifs is 2. The Balaban J connectivity index is 1.42. The summed E-state index contributed by atoms with van der Waals surface area (Å²) in [5.74, 6) is 0.755. The predicted molar refractivity (Wildman–Crippen MR) is 107 cm³/mol. The lowest BCUT2D eigenvalue weighted by atomic mass is 10.2. The van der Waals surface area contributed by atoms with Gasteiger partial charge in [0.1, 0.15) is 11.8 Å². The minimum atomic E-state index is 0.755. The zero-order chi connectivity index (χ0) is 18.9. The summed E-state index contributed by atoms with van der Waals surface area (Å²) in [6, 6.07) is 6.14. The van der Waals surface area contributed by atoms with E-state index in [0.717, 1.165) is 73.0 Å². The number of methoxy groups -OCH3 is 1. The van der Waals surface area contributed by atoms with Gasteiger partial charge in [-0.05, 0) is 18.2 Å². The molecule has 9 nitrogen and oxygen atoms in total. The number of benzene rings is 1. The molecule has 0 saturated carbocycles. The highest BCUT2D eigenvalue weighted by molar-refractivity contribution is 5.81. The van der Waals surface area contributed by atoms with Gasteiger partial charge in [0.05, 0.1) is 24.5 Å². The Hall–Kier alpha value is -3.04. The molecule has 0 unspecified atom stereocenters. The van der Waals surface area contributed by atoms with Crippen LogP contribution < -0.4 is 4.90 Å². The number of ether oxygens (including phenoxy) is 1. The standard InChI is InChI=1S/C19H22N8O/c1-28-9-8-25-4-6-26(7-5-25)19-20-12-17-18(23-19)27(13-21-17)15-2-3-16-14(10-15)11-22-24-16/h2-3,10-13H,4-9H2,1H3,(H,22,24). The van der Waals surface area contributed by atoms with Gasteiger partial charge >= 0.3 is 0 Å². The summed E-state index contributed by atoms with van der Waals surface area (Å²) in [5.41, 5.74) is 3.62. The molecule has 9 heteroatoms. The van der Waals surface area contributed by atoms with Gasteiger partial charge in [-0.25, -0.2) is 9.97 Å². The molecule has 4 heterocycles. The lowest BCUT2D eigenvalue weighted by Crippen LogP contribution is -2.47. The topological polar surface area (TPSA) is 88.0 Å². The van der Waals surface area contributed by atoms with Crippen LogP contribution >= 0.6 is 0 Å². The summed E-state index contributed by atoms with van der Waals surface area (Å²) in [5, 5.41) is 8.13. The Labute approximate surface area is 162 Å². The average molecular weight is 378 g/mol. The number of hydrogen-bond donors (Lipinski definition) is 1. The maximum atomic E-state index is 5.18. The van der Waals surface area contributed by atoms with E-state index in [1.807, 2.05) is 29.1 Å². The number of nitrogens with zero attached hydrogens (tertiary/aromatic N) is 7. The van der Waals surface area contributed by atoms with Gasteiger partial charge in [-0.3, -0.25) is 14.6 Å². The molecule has 1 aliphatic heterocycles. The Morgan fingerprint density at radius 3 is 2.86 bits per heavy atom. The summed E-state index contributed by atoms with van der Waals surface area (Å²) >= 11 is 0. The lowest BCUT2D eigenvalue weighted by molar-refractivity contribution is 0.144. The zero-order valence-corrected chi connectivity index (χ0v) is 15.7. The van der Waals surface area contributed by atoms with E-state index in [1.165, 1.54) is 0 Å². The summed E-state index contributed by atoms with van der Waals surface area (Å²) in [6.45, 7) is 5.52. The fourth-order valence-corrected chi connectivity index (χ4v) is 3.61. The molecular weight excluding hydrogens is 356 g/mol. The number of aromatic amines is 1. The number of aromatic nitrogens is 6. The van der Waals surface area contributed by atoms with Crippen molar-refractivity contribution in [3.05, 3.63) is 36.9 Å². The van der Waals surface area contributed by atoms with Gasteiger partial charge in [0.25, 0.3) is 0 Å². The van der Waals surface area contributed by atoms with E-state index in [-0.39, 0.29) is 0 Å². The van der Waals surface area contributed by atoms with Gasteiger partial charge in [-0.2, -0.15) is 10.1 Å². The van der Waals surface area contributed by atoms with Crippen molar-refractivity contribution in [1.29, 1.82) is 0 Å². The highest BCUT2D eigenvalue weighted by atomic mass is 16.5. The quantitative estimate of drug-likeness (QED) is 0.562. The molecular formula is C19H22N8O. The largest absolute Gasteiger partial charge is 0.383 e. The van der Waals surface area contributed by atoms with Gasteiger partial charge in [0.15, 0.2) is 5.65 Å². The number of anilines is 1. The van der Waals surface area contributed by atoms with Crippen LogP contribution in [0.5, 0.6) is 0 Å². The highest BCUT2D eigenvalue weighted by Crippen LogP contribution is 2.22. The molecule has 1 fully saturated rings. The first-order chi connectivity index (χ1) is 13.8. The summed E-state index contributed by atoms with van der Waals surface area (Å²) in [4.78, 5) is 18.5. The van der Waals surface area contributed by atoms with Crippen molar-refractivity contribution in [2.45, 2.75) is 0 Å². The molecule has 1 aromatic carbocycles. The fourth-order valence-electron chi connectivity index (χ4n) is 3.61. The van der Waals surface area contributed by atoms with Crippen molar-refractivity contribution >= 4 is 28.0 Å². The van der Waals surface area contributed by atoms with Gasteiger partial charge in [0, 0.05) is 50.9 Å². The number of rotatable bonds is 5. The van der Waals surface area contributed by atoms with Crippen molar-refractivity contribution in [2.24, 2.45) is 0 Å². The summed E-state index contributed by atoms with van der Waals surface area (Å²) < 4.78 is 7.18. The van der Waals surface area contributed by atoms with Crippen molar-refractivity contribution in [1.82, 2.24) is 34.6 Å². The molecule has 0 bridgehead atoms. The minimum Gasteiger partial charge on any atom is -0.383 e. The van der Waals surface area contributed by atoms with E-state index in [1.54, 1.807) is 13.4 Å². The van der Waals surface area contributed by atoms with Crippen molar-refractivity contribution in [3.63, 3.8) is 0 Å². The first kappa shape index (κ1) is 17.1. The van der Waals surface area contributed by atoms with E-state index in [4.69, 9.17) is 9.72 Å². The molecule has 0 spiro atoms. The van der Waals surface area contributed by atoms with Crippen LogP contribution in [0.4, 0.5) is 5.95 Å². The second kappa shape index (κ2) is 7.17. The maximum absolute atomic E-state index is 5.18. The molecule has 0 atom stereocenters. The van der Waals surface area contributed by atoms with Crippen molar-refractivity contribution in [2.75, 3.05) is 51.3 Å². The van der Waals surface area contributed by atoms with Gasteiger partial charge in [-0.1, -0.05) is 0 Å². The van der Waals surface area contributed by atoms with Crippen LogP contribution in [0.2, 0.25) is 0 Å². The molecule has 0 amide bonds. The van der Waals surface area contributed by atoms with Gasteiger partial charge < -0.3 is 9.64 Å². The normalized spacial score (nSPS) is 15.7. The van der Waals surface area contributed by atoms with Crippen LogP contribution in [0.1, 0.15) is 0 Å². The lowest BCUT2D eigenvalue weighted by Gasteiger charge is -2.34. The molecule has 0 aliphatic carbocycles. The Kier molecular flexibility index (Phi) is 4.38. The fraction of sp³-hybridized carbons (Fsp3) is 0.368. The first-order valence-corrected chi connectivity index (χ1v) is 9.42. The van der Waals surface area contributed by atoms with E-state index in [2.05, 4.69) is 36.0 Å². The maximum Gasteiger partial charge on any atom is 0.227 e. The molecule has 1 aliphatic rings. The monoisotopic (exact) mass is 378 g/mol.